The number of sulfone groups is 1. The number of hydrogen-bond donors (Lipinski definition) is 1. The summed E-state index contributed by atoms with van der Waals surface area (Å²) in [5.74, 6) is 0. The molecule has 3 rings (SSSR count). The third-order valence-electron chi connectivity index (χ3n) is 4.34. The molecule has 1 aromatic carbocycles. The van der Waals surface area contributed by atoms with Gasteiger partial charge in [0.2, 0.25) is 10.0 Å². The first kappa shape index (κ1) is 21.2. The highest BCUT2D eigenvalue weighted by Crippen LogP contribution is 2.34. The van der Waals surface area contributed by atoms with Gasteiger partial charge >= 0.3 is 0 Å². The van der Waals surface area contributed by atoms with Crippen molar-refractivity contribution in [2.45, 2.75) is 35.1 Å². The molecule has 2 aromatic heterocycles. The molecule has 0 saturated carbocycles. The van der Waals surface area contributed by atoms with Gasteiger partial charge in [-0.15, -0.1) is 22.7 Å². The lowest BCUT2D eigenvalue weighted by molar-refractivity contribution is 0.570. The first-order valence-electron chi connectivity index (χ1n) is 8.51. The molecule has 0 aliphatic carbocycles. The lowest BCUT2D eigenvalue weighted by Crippen LogP contribution is -2.32. The molecule has 0 aliphatic rings. The molecule has 0 bridgehead atoms. The van der Waals surface area contributed by atoms with Gasteiger partial charge in [0.25, 0.3) is 0 Å². The summed E-state index contributed by atoms with van der Waals surface area (Å²) in [5, 5.41) is 2.50. The number of hydrogen-bond acceptors (Lipinski definition) is 6. The average Bonchev–Trinajstić information content (AvgIpc) is 3.27. The standard InChI is InChI=1S/C19H21NO4S4/c1-13-10-14(2)19(15(3)11-13)28(23,24)20-12-17(16-6-4-8-25-16)27(21,22)18-7-5-9-26-18/h4-11,17,20H,12H2,1-3H3. The maximum absolute atomic E-state index is 13.1. The molecule has 0 fully saturated rings. The summed E-state index contributed by atoms with van der Waals surface area (Å²) in [6, 6.07) is 10.3. The highest BCUT2D eigenvalue weighted by atomic mass is 32.2. The van der Waals surface area contributed by atoms with Gasteiger partial charge in [-0.2, -0.15) is 0 Å². The van der Waals surface area contributed by atoms with Gasteiger partial charge in [0.05, 0.1) is 4.90 Å². The van der Waals surface area contributed by atoms with E-state index in [0.717, 1.165) is 16.9 Å². The second-order valence-electron chi connectivity index (χ2n) is 6.56. The number of benzene rings is 1. The zero-order chi connectivity index (χ0) is 20.5. The predicted octanol–water partition coefficient (Wildman–Crippen LogP) is 4.23. The molecule has 5 nitrogen and oxygen atoms in total. The van der Waals surface area contributed by atoms with Gasteiger partial charge in [-0.3, -0.25) is 0 Å². The van der Waals surface area contributed by atoms with Crippen molar-refractivity contribution < 1.29 is 16.8 Å². The van der Waals surface area contributed by atoms with Crippen LogP contribution in [-0.4, -0.2) is 23.4 Å². The average molecular weight is 456 g/mol. The molecule has 0 radical (unpaired) electrons. The summed E-state index contributed by atoms with van der Waals surface area (Å²) in [7, 11) is -7.57. The Balaban J connectivity index is 1.95. The van der Waals surface area contributed by atoms with Crippen molar-refractivity contribution >= 4 is 42.5 Å². The summed E-state index contributed by atoms with van der Waals surface area (Å²) in [6.45, 7) is 5.17. The summed E-state index contributed by atoms with van der Waals surface area (Å²) in [6.07, 6.45) is 0. The van der Waals surface area contributed by atoms with Crippen molar-refractivity contribution in [3.63, 3.8) is 0 Å². The normalized spacial score (nSPS) is 13.5. The molecule has 2 heterocycles. The number of thiophene rings is 2. The topological polar surface area (TPSA) is 80.3 Å². The fourth-order valence-electron chi connectivity index (χ4n) is 3.25. The van der Waals surface area contributed by atoms with Gasteiger partial charge in [0, 0.05) is 11.4 Å². The quantitative estimate of drug-likeness (QED) is 0.578. The smallest absolute Gasteiger partial charge is 0.222 e. The Hall–Kier alpha value is -1.52. The Kier molecular flexibility index (Phi) is 6.11. The molecule has 9 heteroatoms. The van der Waals surface area contributed by atoms with Crippen LogP contribution in [0.25, 0.3) is 0 Å². The van der Waals surface area contributed by atoms with Crippen molar-refractivity contribution in [2.75, 3.05) is 6.54 Å². The Morgan fingerprint density at radius 1 is 0.929 bits per heavy atom. The van der Waals surface area contributed by atoms with Crippen LogP contribution in [0.3, 0.4) is 0 Å². The van der Waals surface area contributed by atoms with E-state index < -0.39 is 25.1 Å². The molecule has 1 N–H and O–H groups in total. The Labute approximate surface area is 174 Å². The molecule has 1 atom stereocenters. The fraction of sp³-hybridized carbons (Fsp3) is 0.263. The minimum Gasteiger partial charge on any atom is -0.222 e. The van der Waals surface area contributed by atoms with Gasteiger partial charge in [-0.25, -0.2) is 21.6 Å². The summed E-state index contributed by atoms with van der Waals surface area (Å²) >= 11 is 2.43. The van der Waals surface area contributed by atoms with Crippen LogP contribution in [0.2, 0.25) is 0 Å². The van der Waals surface area contributed by atoms with Crippen molar-refractivity contribution in [2.24, 2.45) is 0 Å². The van der Waals surface area contributed by atoms with Crippen LogP contribution in [0.4, 0.5) is 0 Å². The van der Waals surface area contributed by atoms with E-state index in [0.29, 0.717) is 16.0 Å². The van der Waals surface area contributed by atoms with E-state index in [-0.39, 0.29) is 15.6 Å². The lowest BCUT2D eigenvalue weighted by atomic mass is 10.1. The monoisotopic (exact) mass is 455 g/mol. The first-order chi connectivity index (χ1) is 13.1. The zero-order valence-electron chi connectivity index (χ0n) is 15.7. The van der Waals surface area contributed by atoms with E-state index >= 15 is 0 Å². The molecule has 0 aliphatic heterocycles. The largest absolute Gasteiger partial charge is 0.241 e. The van der Waals surface area contributed by atoms with Crippen LogP contribution < -0.4 is 4.72 Å². The molecule has 3 aromatic rings. The third-order valence-corrected chi connectivity index (χ3v) is 10.7. The number of aryl methyl sites for hydroxylation is 3. The molecule has 1 unspecified atom stereocenters. The molecule has 0 amide bonds. The maximum atomic E-state index is 13.1. The highest BCUT2D eigenvalue weighted by Gasteiger charge is 2.32. The number of rotatable bonds is 7. The highest BCUT2D eigenvalue weighted by molar-refractivity contribution is 7.94. The summed E-state index contributed by atoms with van der Waals surface area (Å²) in [5.41, 5.74) is 2.25. The van der Waals surface area contributed by atoms with E-state index in [1.807, 2.05) is 6.92 Å². The van der Waals surface area contributed by atoms with E-state index in [1.54, 1.807) is 61.0 Å². The predicted molar refractivity (Wildman–Crippen MR) is 114 cm³/mol. The molecule has 0 saturated heterocycles. The van der Waals surface area contributed by atoms with Crippen LogP contribution in [0.15, 0.2) is 56.3 Å². The zero-order valence-corrected chi connectivity index (χ0v) is 18.9. The molecule has 0 spiro atoms. The SMILES string of the molecule is Cc1cc(C)c(S(=O)(=O)NCC(c2cccs2)S(=O)(=O)c2cccs2)c(C)c1. The molecule has 150 valence electrons. The van der Waals surface area contributed by atoms with Gasteiger partial charge < -0.3 is 0 Å². The first-order valence-corrected chi connectivity index (χ1v) is 13.3. The van der Waals surface area contributed by atoms with E-state index in [1.165, 1.54) is 11.3 Å². The van der Waals surface area contributed by atoms with Crippen LogP contribution in [0.1, 0.15) is 26.8 Å². The lowest BCUT2D eigenvalue weighted by Gasteiger charge is -2.18. The van der Waals surface area contributed by atoms with Crippen molar-refractivity contribution in [3.8, 4) is 0 Å². The molecular formula is C19H21NO4S4. The minimum atomic E-state index is -3.86. The summed E-state index contributed by atoms with van der Waals surface area (Å²) < 4.78 is 54.9. The number of nitrogens with one attached hydrogen (secondary N) is 1. The molecular weight excluding hydrogens is 434 g/mol. The fourth-order valence-corrected chi connectivity index (χ4v) is 8.84. The number of sulfonamides is 1. The van der Waals surface area contributed by atoms with Crippen LogP contribution >= 0.6 is 22.7 Å². The van der Waals surface area contributed by atoms with Gasteiger partial charge in [-0.05, 0) is 54.8 Å². The van der Waals surface area contributed by atoms with Crippen LogP contribution in [0.5, 0.6) is 0 Å². The van der Waals surface area contributed by atoms with Crippen LogP contribution in [-0.2, 0) is 19.9 Å². The van der Waals surface area contributed by atoms with Crippen molar-refractivity contribution in [1.82, 2.24) is 4.72 Å². The van der Waals surface area contributed by atoms with Gasteiger partial charge in [-0.1, -0.05) is 29.8 Å². The molecule has 28 heavy (non-hydrogen) atoms. The van der Waals surface area contributed by atoms with E-state index in [9.17, 15) is 16.8 Å². The second kappa shape index (κ2) is 8.08. The van der Waals surface area contributed by atoms with Gasteiger partial charge in [0.15, 0.2) is 9.84 Å². The third kappa shape index (κ3) is 4.23. The Bertz CT molecular complexity index is 1140. The minimum absolute atomic E-state index is 0.205. The van der Waals surface area contributed by atoms with Crippen LogP contribution in [0, 0.1) is 20.8 Å². The second-order valence-corrected chi connectivity index (χ2v) is 12.5. The van der Waals surface area contributed by atoms with Crippen molar-refractivity contribution in [1.29, 1.82) is 0 Å². The van der Waals surface area contributed by atoms with E-state index in [2.05, 4.69) is 4.72 Å². The Morgan fingerprint density at radius 2 is 1.54 bits per heavy atom. The van der Waals surface area contributed by atoms with Crippen molar-refractivity contribution in [3.05, 3.63) is 68.7 Å². The Morgan fingerprint density at radius 3 is 2.07 bits per heavy atom. The van der Waals surface area contributed by atoms with Gasteiger partial charge in [0.1, 0.15) is 9.46 Å². The maximum Gasteiger partial charge on any atom is 0.241 e. The summed E-state index contributed by atoms with van der Waals surface area (Å²) in [4.78, 5) is 0.810. The van der Waals surface area contributed by atoms with E-state index in [4.69, 9.17) is 0 Å².